The molecule has 4 aromatic rings. The van der Waals surface area contributed by atoms with Crippen LogP contribution in [0.1, 0.15) is 31.4 Å². The SMILES string of the molecule is CCCNC(=O)C(C)N(CCc1ccccc1)C(=O)CN(c1ccc(Oc2ccccc2)cc1)S(=O)(=O)c1ccc(C)cc1. The van der Waals surface area contributed by atoms with Crippen LogP contribution in [0.5, 0.6) is 11.5 Å². The summed E-state index contributed by atoms with van der Waals surface area (Å²) in [6.07, 6.45) is 1.26. The Hall–Kier alpha value is -4.63. The summed E-state index contributed by atoms with van der Waals surface area (Å²) in [5.41, 5.74) is 2.21. The Labute approximate surface area is 260 Å². The second-order valence-corrected chi connectivity index (χ2v) is 12.4. The average Bonchev–Trinajstić information content (AvgIpc) is 3.04. The van der Waals surface area contributed by atoms with Crippen molar-refractivity contribution in [2.75, 3.05) is 23.9 Å². The van der Waals surface area contributed by atoms with Crippen molar-refractivity contribution in [3.63, 3.8) is 0 Å². The second kappa shape index (κ2) is 15.2. The molecule has 0 heterocycles. The first kappa shape index (κ1) is 32.3. The topological polar surface area (TPSA) is 96.0 Å². The number of benzene rings is 4. The van der Waals surface area contributed by atoms with Gasteiger partial charge in [0.25, 0.3) is 10.0 Å². The zero-order valence-electron chi connectivity index (χ0n) is 25.3. The predicted octanol–water partition coefficient (Wildman–Crippen LogP) is 5.97. The molecule has 1 atom stereocenters. The van der Waals surface area contributed by atoms with Crippen molar-refractivity contribution in [3.05, 3.63) is 120 Å². The number of nitrogens with one attached hydrogen (secondary N) is 1. The Morgan fingerprint density at radius 3 is 2.02 bits per heavy atom. The van der Waals surface area contributed by atoms with Crippen molar-refractivity contribution in [2.45, 2.75) is 44.6 Å². The number of rotatable bonds is 14. The first-order valence-electron chi connectivity index (χ1n) is 14.7. The number of aryl methyl sites for hydroxylation is 1. The second-order valence-electron chi connectivity index (χ2n) is 10.5. The van der Waals surface area contributed by atoms with Gasteiger partial charge in [0.15, 0.2) is 0 Å². The molecule has 0 spiro atoms. The molecular formula is C35H39N3O5S. The van der Waals surface area contributed by atoms with E-state index in [1.165, 1.54) is 17.0 Å². The molecule has 0 bridgehead atoms. The Bertz CT molecular complexity index is 1610. The number of carbonyl (C=O) groups is 2. The van der Waals surface area contributed by atoms with E-state index < -0.39 is 28.5 Å². The molecule has 1 N–H and O–H groups in total. The number of carbonyl (C=O) groups excluding carboxylic acids is 2. The summed E-state index contributed by atoms with van der Waals surface area (Å²) < 4.78 is 35.1. The fourth-order valence-corrected chi connectivity index (χ4v) is 6.05. The van der Waals surface area contributed by atoms with Crippen LogP contribution in [0.2, 0.25) is 0 Å². The van der Waals surface area contributed by atoms with Gasteiger partial charge in [-0.1, -0.05) is 73.2 Å². The van der Waals surface area contributed by atoms with Crippen molar-refractivity contribution >= 4 is 27.5 Å². The number of hydrogen-bond donors (Lipinski definition) is 1. The molecule has 4 aromatic carbocycles. The maximum atomic E-state index is 14.0. The average molecular weight is 614 g/mol. The van der Waals surface area contributed by atoms with Crippen LogP contribution in [0.15, 0.2) is 114 Å². The van der Waals surface area contributed by atoms with E-state index in [9.17, 15) is 18.0 Å². The monoisotopic (exact) mass is 613 g/mol. The summed E-state index contributed by atoms with van der Waals surface area (Å²) in [5, 5.41) is 2.86. The van der Waals surface area contributed by atoms with Crippen LogP contribution in [0.3, 0.4) is 0 Å². The van der Waals surface area contributed by atoms with Gasteiger partial charge in [-0.3, -0.25) is 13.9 Å². The minimum atomic E-state index is -4.15. The normalized spacial score (nSPS) is 11.8. The molecule has 0 saturated carbocycles. The molecule has 0 radical (unpaired) electrons. The van der Waals surface area contributed by atoms with Gasteiger partial charge < -0.3 is 15.0 Å². The van der Waals surface area contributed by atoms with Crippen molar-refractivity contribution in [1.29, 1.82) is 0 Å². The van der Waals surface area contributed by atoms with Gasteiger partial charge in [-0.25, -0.2) is 8.42 Å². The van der Waals surface area contributed by atoms with E-state index in [2.05, 4.69) is 5.32 Å². The molecule has 2 amide bonds. The lowest BCUT2D eigenvalue weighted by Gasteiger charge is -2.32. The highest BCUT2D eigenvalue weighted by Crippen LogP contribution is 2.28. The highest BCUT2D eigenvalue weighted by molar-refractivity contribution is 7.92. The largest absolute Gasteiger partial charge is 0.457 e. The van der Waals surface area contributed by atoms with E-state index in [0.717, 1.165) is 21.9 Å². The predicted molar refractivity (Wildman–Crippen MR) is 173 cm³/mol. The van der Waals surface area contributed by atoms with Gasteiger partial charge in [0, 0.05) is 13.1 Å². The molecule has 9 heteroatoms. The Morgan fingerprint density at radius 1 is 0.818 bits per heavy atom. The lowest BCUT2D eigenvalue weighted by Crippen LogP contribution is -2.52. The fraction of sp³-hybridized carbons (Fsp3) is 0.257. The maximum absolute atomic E-state index is 14.0. The van der Waals surface area contributed by atoms with Gasteiger partial charge in [0.05, 0.1) is 10.6 Å². The number of amides is 2. The number of hydrogen-bond acceptors (Lipinski definition) is 5. The minimum Gasteiger partial charge on any atom is -0.457 e. The maximum Gasteiger partial charge on any atom is 0.264 e. The van der Waals surface area contributed by atoms with Crippen LogP contribution in [0.4, 0.5) is 5.69 Å². The number of nitrogens with zero attached hydrogens (tertiary/aromatic N) is 2. The van der Waals surface area contributed by atoms with E-state index >= 15 is 0 Å². The molecule has 0 saturated heterocycles. The van der Waals surface area contributed by atoms with Gasteiger partial charge >= 0.3 is 0 Å². The summed E-state index contributed by atoms with van der Waals surface area (Å²) in [6.45, 7) is 5.73. The van der Waals surface area contributed by atoms with Gasteiger partial charge in [-0.05, 0) is 80.8 Å². The first-order chi connectivity index (χ1) is 21.2. The highest BCUT2D eigenvalue weighted by Gasteiger charge is 2.32. The van der Waals surface area contributed by atoms with Crippen molar-refractivity contribution < 1.29 is 22.7 Å². The molecule has 230 valence electrons. The minimum absolute atomic E-state index is 0.0603. The summed E-state index contributed by atoms with van der Waals surface area (Å²) in [7, 11) is -4.15. The van der Waals surface area contributed by atoms with E-state index in [-0.39, 0.29) is 17.3 Å². The van der Waals surface area contributed by atoms with E-state index in [1.54, 1.807) is 43.3 Å². The standard InChI is InChI=1S/C35H39N3O5S/c1-4-24-36-35(40)28(3)37(25-23-29-11-7-5-8-12-29)34(39)26-38(44(41,42)33-21-15-27(2)16-22-33)30-17-19-32(20-18-30)43-31-13-9-6-10-14-31/h5-22,28H,4,23-26H2,1-3H3,(H,36,40). The molecular weight excluding hydrogens is 574 g/mol. The number of ether oxygens (including phenoxy) is 1. The lowest BCUT2D eigenvalue weighted by atomic mass is 10.1. The number of sulfonamides is 1. The zero-order chi connectivity index (χ0) is 31.5. The van der Waals surface area contributed by atoms with Gasteiger partial charge in [-0.15, -0.1) is 0 Å². The van der Waals surface area contributed by atoms with Gasteiger partial charge in [-0.2, -0.15) is 0 Å². The molecule has 8 nitrogen and oxygen atoms in total. The number of anilines is 1. The molecule has 0 aliphatic carbocycles. The summed E-state index contributed by atoms with van der Waals surface area (Å²) in [5.74, 6) is 0.387. The fourth-order valence-electron chi connectivity index (χ4n) is 4.64. The molecule has 0 aromatic heterocycles. The van der Waals surface area contributed by atoms with Crippen LogP contribution < -0.4 is 14.4 Å². The zero-order valence-corrected chi connectivity index (χ0v) is 26.2. The van der Waals surface area contributed by atoms with Gasteiger partial charge in [0.1, 0.15) is 24.1 Å². The van der Waals surface area contributed by atoms with E-state index in [4.69, 9.17) is 4.74 Å². The van der Waals surface area contributed by atoms with Crippen LogP contribution in [0.25, 0.3) is 0 Å². The third-order valence-electron chi connectivity index (χ3n) is 7.19. The summed E-state index contributed by atoms with van der Waals surface area (Å²) >= 11 is 0. The molecule has 44 heavy (non-hydrogen) atoms. The van der Waals surface area contributed by atoms with Gasteiger partial charge in [0.2, 0.25) is 11.8 Å². The Kier molecular flexibility index (Phi) is 11.2. The molecule has 0 fully saturated rings. The Balaban J connectivity index is 1.66. The third kappa shape index (κ3) is 8.48. The van der Waals surface area contributed by atoms with Crippen molar-refractivity contribution in [1.82, 2.24) is 10.2 Å². The molecule has 0 aliphatic rings. The van der Waals surface area contributed by atoms with E-state index in [0.29, 0.717) is 30.2 Å². The van der Waals surface area contributed by atoms with Crippen molar-refractivity contribution in [2.24, 2.45) is 0 Å². The van der Waals surface area contributed by atoms with Crippen molar-refractivity contribution in [3.8, 4) is 11.5 Å². The van der Waals surface area contributed by atoms with E-state index in [1.807, 2.05) is 74.5 Å². The molecule has 1 unspecified atom stereocenters. The quantitative estimate of drug-likeness (QED) is 0.189. The Morgan fingerprint density at radius 2 is 1.41 bits per heavy atom. The van der Waals surface area contributed by atoms with Crippen LogP contribution in [-0.4, -0.2) is 50.8 Å². The van der Waals surface area contributed by atoms with Crippen LogP contribution in [0, 0.1) is 6.92 Å². The van der Waals surface area contributed by atoms with Crippen LogP contribution in [-0.2, 0) is 26.0 Å². The lowest BCUT2D eigenvalue weighted by molar-refractivity contribution is -0.138. The summed E-state index contributed by atoms with van der Waals surface area (Å²) in [6, 6.07) is 31.2. The first-order valence-corrected chi connectivity index (χ1v) is 16.2. The highest BCUT2D eigenvalue weighted by atomic mass is 32.2. The van der Waals surface area contributed by atoms with Crippen LogP contribution >= 0.6 is 0 Å². The smallest absolute Gasteiger partial charge is 0.264 e. The number of para-hydroxylation sites is 1. The molecule has 4 rings (SSSR count). The molecule has 0 aliphatic heterocycles. The summed E-state index contributed by atoms with van der Waals surface area (Å²) in [4.78, 5) is 28.5. The third-order valence-corrected chi connectivity index (χ3v) is 8.98.